The molecular formula is C24H25N5O3S. The molecule has 1 unspecified atom stereocenters. The minimum atomic E-state index is -1.03. The minimum Gasteiger partial charge on any atom is -0.497 e. The molecule has 1 aliphatic rings. The summed E-state index contributed by atoms with van der Waals surface area (Å²) in [5, 5.41) is 16.5. The van der Waals surface area contributed by atoms with Crippen LogP contribution in [0, 0.1) is 11.3 Å². The Hall–Kier alpha value is -3.48. The molecule has 4 rings (SSSR count). The number of Topliss-reactive ketones (excluding diaryl/α,β-unsaturated/α-hetero) is 1. The van der Waals surface area contributed by atoms with Crippen LogP contribution in [-0.4, -0.2) is 34.9 Å². The predicted molar refractivity (Wildman–Crippen MR) is 126 cm³/mol. The molecule has 3 aromatic rings. The maximum atomic E-state index is 13.5. The number of rotatable bonds is 8. The van der Waals surface area contributed by atoms with Crippen LogP contribution in [0.15, 0.2) is 43.0 Å². The van der Waals surface area contributed by atoms with Crippen molar-refractivity contribution in [2.75, 3.05) is 19.0 Å². The number of nitrogens with one attached hydrogen (secondary N) is 2. The van der Waals surface area contributed by atoms with E-state index in [2.05, 4.69) is 21.7 Å². The van der Waals surface area contributed by atoms with E-state index >= 15 is 0 Å². The number of nitriles is 1. The van der Waals surface area contributed by atoms with Crippen molar-refractivity contribution < 1.29 is 14.3 Å². The lowest BCUT2D eigenvalue weighted by Crippen LogP contribution is -2.25. The van der Waals surface area contributed by atoms with Crippen LogP contribution < -0.4 is 15.4 Å². The van der Waals surface area contributed by atoms with Crippen LogP contribution in [0.1, 0.15) is 51.7 Å². The Bertz CT molecular complexity index is 1200. The number of aromatic nitrogens is 2. The molecule has 0 saturated heterocycles. The van der Waals surface area contributed by atoms with Crippen molar-refractivity contribution >= 4 is 28.0 Å². The summed E-state index contributed by atoms with van der Waals surface area (Å²) in [6, 6.07) is 8.70. The molecule has 9 heteroatoms. The van der Waals surface area contributed by atoms with E-state index in [0.717, 1.165) is 28.3 Å². The number of carbonyl (C=O) groups is 2. The first-order valence-electron chi connectivity index (χ1n) is 10.7. The third-order valence-electron chi connectivity index (χ3n) is 5.78. The second kappa shape index (κ2) is 9.98. The highest BCUT2D eigenvalue weighted by atomic mass is 32.1. The molecule has 2 N–H and O–H groups in total. The highest BCUT2D eigenvalue weighted by molar-refractivity contribution is 7.17. The summed E-state index contributed by atoms with van der Waals surface area (Å²) in [7, 11) is 1.61. The van der Waals surface area contributed by atoms with Gasteiger partial charge >= 0.3 is 0 Å². The van der Waals surface area contributed by atoms with E-state index in [1.165, 1.54) is 28.4 Å². The number of hydrogen-bond donors (Lipinski definition) is 2. The Kier molecular flexibility index (Phi) is 6.87. The molecule has 170 valence electrons. The second-order valence-electron chi connectivity index (χ2n) is 7.97. The van der Waals surface area contributed by atoms with E-state index in [1.54, 1.807) is 13.3 Å². The molecule has 33 heavy (non-hydrogen) atoms. The average molecular weight is 464 g/mol. The molecule has 0 spiro atoms. The van der Waals surface area contributed by atoms with Gasteiger partial charge in [0.15, 0.2) is 6.04 Å². The largest absolute Gasteiger partial charge is 0.497 e. The molecular weight excluding hydrogens is 438 g/mol. The molecule has 1 aromatic carbocycles. The van der Waals surface area contributed by atoms with Crippen LogP contribution in [0.2, 0.25) is 0 Å². The predicted octanol–water partition coefficient (Wildman–Crippen LogP) is 3.68. The van der Waals surface area contributed by atoms with Crippen molar-refractivity contribution in [3.8, 4) is 11.8 Å². The van der Waals surface area contributed by atoms with Crippen LogP contribution in [-0.2, 0) is 17.8 Å². The van der Waals surface area contributed by atoms with Gasteiger partial charge in [-0.3, -0.25) is 9.59 Å². The second-order valence-corrected chi connectivity index (χ2v) is 9.08. The van der Waals surface area contributed by atoms with Gasteiger partial charge in [0.25, 0.3) is 0 Å². The molecule has 0 aliphatic carbocycles. The fourth-order valence-electron chi connectivity index (χ4n) is 4.02. The van der Waals surface area contributed by atoms with Gasteiger partial charge in [-0.15, -0.1) is 11.3 Å². The first-order valence-corrected chi connectivity index (χ1v) is 11.5. The molecule has 2 atom stereocenters. The SMILES string of the molecule is COc1cccc([C@@H](C)CC(=O)Nc2sc3c(c2C(=O)C(C#N)n2ccnc2)CCNC3)c1. The van der Waals surface area contributed by atoms with Crippen molar-refractivity contribution in [3.63, 3.8) is 0 Å². The van der Waals surface area contributed by atoms with E-state index in [-0.39, 0.29) is 24.0 Å². The molecule has 1 aliphatic heterocycles. The lowest BCUT2D eigenvalue weighted by atomic mass is 9.96. The number of ketones is 1. The van der Waals surface area contributed by atoms with Gasteiger partial charge < -0.3 is 19.9 Å². The maximum absolute atomic E-state index is 13.5. The monoisotopic (exact) mass is 463 g/mol. The number of nitrogens with zero attached hydrogens (tertiary/aromatic N) is 3. The zero-order chi connectivity index (χ0) is 23.4. The van der Waals surface area contributed by atoms with E-state index in [4.69, 9.17) is 4.74 Å². The van der Waals surface area contributed by atoms with E-state index in [9.17, 15) is 14.9 Å². The van der Waals surface area contributed by atoms with Gasteiger partial charge in [-0.1, -0.05) is 19.1 Å². The lowest BCUT2D eigenvalue weighted by Gasteiger charge is -2.16. The normalized spacial score (nSPS) is 14.6. The van der Waals surface area contributed by atoms with E-state index in [1.807, 2.05) is 31.2 Å². The number of thiophene rings is 1. The van der Waals surface area contributed by atoms with Crippen LogP contribution in [0.25, 0.3) is 0 Å². The molecule has 3 heterocycles. The average Bonchev–Trinajstić information content (AvgIpc) is 3.47. The Labute approximate surface area is 196 Å². The number of ether oxygens (including phenoxy) is 1. The van der Waals surface area contributed by atoms with Crippen LogP contribution in [0.3, 0.4) is 0 Å². The summed E-state index contributed by atoms with van der Waals surface area (Å²) in [4.78, 5) is 31.4. The number of imidazole rings is 1. The van der Waals surface area contributed by atoms with Gasteiger partial charge in [0.2, 0.25) is 11.7 Å². The first kappa shape index (κ1) is 22.7. The quantitative estimate of drug-likeness (QED) is 0.493. The van der Waals surface area contributed by atoms with Crippen molar-refractivity contribution in [1.29, 1.82) is 5.26 Å². The topological polar surface area (TPSA) is 109 Å². The summed E-state index contributed by atoms with van der Waals surface area (Å²) in [5.41, 5.74) is 2.36. The molecule has 1 amide bonds. The number of carbonyl (C=O) groups excluding carboxylic acids is 2. The number of amides is 1. The number of methoxy groups -OCH3 is 1. The molecule has 2 aromatic heterocycles. The standard InChI is InChI=1S/C24H25N5O3S/c1-15(16-4-3-5-17(11-16)32-2)10-21(30)28-24-22(18-6-7-26-13-20(18)33-24)23(31)19(12-25)29-9-8-27-14-29/h3-5,8-9,11,14-15,19,26H,6-7,10,13H2,1-2H3,(H,28,30)/t15-,19?/m0/s1. The lowest BCUT2D eigenvalue weighted by molar-refractivity contribution is -0.116. The summed E-state index contributed by atoms with van der Waals surface area (Å²) in [5.74, 6) is 0.203. The van der Waals surface area contributed by atoms with Gasteiger partial charge in [-0.25, -0.2) is 4.98 Å². The number of benzene rings is 1. The number of hydrogen-bond acceptors (Lipinski definition) is 7. The molecule has 8 nitrogen and oxygen atoms in total. The van der Waals surface area contributed by atoms with E-state index < -0.39 is 6.04 Å². The Morgan fingerprint density at radius 3 is 3.00 bits per heavy atom. The first-order chi connectivity index (χ1) is 16.0. The Balaban J connectivity index is 1.58. The molecule has 0 radical (unpaired) electrons. The minimum absolute atomic E-state index is 0.0340. The zero-order valence-corrected chi connectivity index (χ0v) is 19.3. The van der Waals surface area contributed by atoms with Gasteiger partial charge in [0, 0.05) is 30.2 Å². The van der Waals surface area contributed by atoms with Crippen LogP contribution in [0.4, 0.5) is 5.00 Å². The van der Waals surface area contributed by atoms with Gasteiger partial charge in [-0.2, -0.15) is 5.26 Å². The Morgan fingerprint density at radius 2 is 2.27 bits per heavy atom. The third-order valence-corrected chi connectivity index (χ3v) is 6.92. The fourth-order valence-corrected chi connectivity index (χ4v) is 5.26. The van der Waals surface area contributed by atoms with Crippen molar-refractivity contribution in [2.45, 2.75) is 38.3 Å². The molecule has 0 fully saturated rings. The fraction of sp³-hybridized carbons (Fsp3) is 0.333. The van der Waals surface area contributed by atoms with Crippen molar-refractivity contribution in [3.05, 3.63) is 64.6 Å². The van der Waals surface area contributed by atoms with E-state index in [0.29, 0.717) is 23.5 Å². The van der Waals surface area contributed by atoms with Crippen LogP contribution in [0.5, 0.6) is 5.75 Å². The summed E-state index contributed by atoms with van der Waals surface area (Å²) in [6.45, 7) is 3.36. The summed E-state index contributed by atoms with van der Waals surface area (Å²) < 4.78 is 6.77. The van der Waals surface area contributed by atoms with Crippen molar-refractivity contribution in [1.82, 2.24) is 14.9 Å². The Morgan fingerprint density at radius 1 is 1.42 bits per heavy atom. The number of fused-ring (bicyclic) bond motifs is 1. The molecule has 0 bridgehead atoms. The number of anilines is 1. The third kappa shape index (κ3) is 4.82. The summed E-state index contributed by atoms with van der Waals surface area (Å²) >= 11 is 1.40. The van der Waals surface area contributed by atoms with Crippen LogP contribution >= 0.6 is 11.3 Å². The smallest absolute Gasteiger partial charge is 0.225 e. The maximum Gasteiger partial charge on any atom is 0.225 e. The van der Waals surface area contributed by atoms with Gasteiger partial charge in [0.05, 0.1) is 25.1 Å². The highest BCUT2D eigenvalue weighted by Gasteiger charge is 2.31. The van der Waals surface area contributed by atoms with Gasteiger partial charge in [0.1, 0.15) is 10.8 Å². The zero-order valence-electron chi connectivity index (χ0n) is 18.5. The van der Waals surface area contributed by atoms with Gasteiger partial charge in [-0.05, 0) is 42.1 Å². The molecule has 0 saturated carbocycles. The highest BCUT2D eigenvalue weighted by Crippen LogP contribution is 2.38. The summed E-state index contributed by atoms with van der Waals surface area (Å²) in [6.07, 6.45) is 5.52. The van der Waals surface area contributed by atoms with Crippen molar-refractivity contribution in [2.24, 2.45) is 0 Å².